The number of hydrazine groups is 1. The van der Waals surface area contributed by atoms with Gasteiger partial charge in [-0.1, -0.05) is 0 Å². The third kappa shape index (κ3) is 3.84. The van der Waals surface area contributed by atoms with E-state index in [4.69, 9.17) is 10.9 Å². The van der Waals surface area contributed by atoms with Gasteiger partial charge in [0.25, 0.3) is 0 Å². The number of hydroxylamine groups is 1. The zero-order valence-corrected chi connectivity index (χ0v) is 2.76. The minimum Gasteiger partial charge on any atom is -0.315 e. The summed E-state index contributed by atoms with van der Waals surface area (Å²) >= 11 is 0. The Morgan fingerprint density at radius 3 is 2.00 bits per heavy atom. The number of rotatable bonds is 1. The van der Waals surface area contributed by atoms with Crippen molar-refractivity contribution < 1.29 is 5.21 Å². The average Bonchev–Trinajstić information content (AvgIpc) is 1.38. The summed E-state index contributed by atoms with van der Waals surface area (Å²) < 4.78 is 0. The number of nitrogens with two attached hydrogens (primary N) is 2. The first-order valence-electron chi connectivity index (χ1n) is 1.18. The van der Waals surface area contributed by atoms with Gasteiger partial charge in [0.05, 0.1) is 6.67 Å². The van der Waals surface area contributed by atoms with Crippen LogP contribution in [-0.4, -0.2) is 17.0 Å². The number of hydrogen-bond acceptors (Lipinski definition) is 4. The molecular weight excluding hydrogens is 70.0 g/mol. The summed E-state index contributed by atoms with van der Waals surface area (Å²) in [6, 6.07) is 0. The van der Waals surface area contributed by atoms with Gasteiger partial charge in [0.2, 0.25) is 0 Å². The Morgan fingerprint density at radius 1 is 1.80 bits per heavy atom. The Hall–Kier alpha value is -0.160. The molecule has 0 saturated carbocycles. The van der Waals surface area contributed by atoms with Crippen molar-refractivity contribution in [3.8, 4) is 0 Å². The van der Waals surface area contributed by atoms with Gasteiger partial charge in [-0.15, -0.1) is 5.17 Å². The molecule has 0 radical (unpaired) electrons. The van der Waals surface area contributed by atoms with Crippen LogP contribution < -0.4 is 11.6 Å². The van der Waals surface area contributed by atoms with E-state index >= 15 is 0 Å². The summed E-state index contributed by atoms with van der Waals surface area (Å²) in [4.78, 5) is 0. The lowest BCUT2D eigenvalue weighted by Gasteiger charge is -1.97. The van der Waals surface area contributed by atoms with Crippen LogP contribution in [0.3, 0.4) is 0 Å². The van der Waals surface area contributed by atoms with Gasteiger partial charge < -0.3 is 5.73 Å². The maximum absolute atomic E-state index is 7.85. The molecule has 4 heteroatoms. The van der Waals surface area contributed by atoms with Gasteiger partial charge in [-0.3, -0.25) is 5.21 Å². The minimum atomic E-state index is -0.0278. The molecule has 0 bridgehead atoms. The third-order valence-corrected chi connectivity index (χ3v) is 0.187. The molecule has 0 fully saturated rings. The molecule has 0 amide bonds. The van der Waals surface area contributed by atoms with Crippen molar-refractivity contribution in [3.63, 3.8) is 0 Å². The maximum Gasteiger partial charge on any atom is 0.0864 e. The van der Waals surface area contributed by atoms with E-state index in [0.717, 1.165) is 0 Å². The van der Waals surface area contributed by atoms with E-state index in [-0.39, 0.29) is 6.67 Å². The Balaban J connectivity index is 2.54. The molecule has 0 aromatic rings. The van der Waals surface area contributed by atoms with Gasteiger partial charge >= 0.3 is 0 Å². The smallest absolute Gasteiger partial charge is 0.0864 e. The van der Waals surface area contributed by atoms with Crippen molar-refractivity contribution in [2.45, 2.75) is 0 Å². The van der Waals surface area contributed by atoms with Crippen LogP contribution in [0.5, 0.6) is 0 Å². The van der Waals surface area contributed by atoms with E-state index in [2.05, 4.69) is 5.84 Å². The normalized spacial score (nSPS) is 9.60. The monoisotopic (exact) mass is 77.1 g/mol. The van der Waals surface area contributed by atoms with E-state index in [1.165, 1.54) is 0 Å². The highest BCUT2D eigenvalue weighted by Crippen LogP contribution is 1.46. The van der Waals surface area contributed by atoms with E-state index < -0.39 is 0 Å². The zero-order chi connectivity index (χ0) is 4.28. The molecule has 0 aromatic carbocycles. The van der Waals surface area contributed by atoms with E-state index in [0.29, 0.717) is 5.17 Å². The SMILES string of the molecule is NCN(N)O. The predicted octanol–water partition coefficient (Wildman–Crippen LogP) is -1.53. The Labute approximate surface area is 29.9 Å². The molecule has 0 unspecified atom stereocenters. The van der Waals surface area contributed by atoms with Crippen molar-refractivity contribution in [1.82, 2.24) is 5.17 Å². The lowest BCUT2D eigenvalue weighted by molar-refractivity contribution is -0.0908. The molecule has 5 N–H and O–H groups in total. The van der Waals surface area contributed by atoms with Crippen LogP contribution in [0, 0.1) is 0 Å². The van der Waals surface area contributed by atoms with Gasteiger partial charge in [-0.2, -0.15) is 0 Å². The maximum atomic E-state index is 7.85. The quantitative estimate of drug-likeness (QED) is 0.201. The average molecular weight is 77.1 g/mol. The number of nitrogens with zero attached hydrogens (tertiary/aromatic N) is 1. The van der Waals surface area contributed by atoms with Crippen molar-refractivity contribution in [2.24, 2.45) is 11.6 Å². The molecule has 0 rings (SSSR count). The predicted molar refractivity (Wildman–Crippen MR) is 16.9 cm³/mol. The van der Waals surface area contributed by atoms with E-state index in [1.54, 1.807) is 0 Å². The zero-order valence-electron chi connectivity index (χ0n) is 2.76. The Bertz CT molecular complexity index is 20.9. The first-order chi connectivity index (χ1) is 2.27. The summed E-state index contributed by atoms with van der Waals surface area (Å²) in [6.07, 6.45) is 0. The molecule has 0 spiro atoms. The fourth-order valence-electron chi connectivity index (χ4n) is 0. The van der Waals surface area contributed by atoms with Crippen LogP contribution in [0.15, 0.2) is 0 Å². The summed E-state index contributed by atoms with van der Waals surface area (Å²) in [5, 5.41) is 8.25. The Morgan fingerprint density at radius 2 is 2.00 bits per heavy atom. The Kier molecular flexibility index (Phi) is 2.03. The van der Waals surface area contributed by atoms with Crippen LogP contribution in [0.1, 0.15) is 0 Å². The lowest BCUT2D eigenvalue weighted by Crippen LogP contribution is -2.32. The second-order valence-corrected chi connectivity index (χ2v) is 0.622. The molecular formula is CH7N3O. The van der Waals surface area contributed by atoms with Crippen LogP contribution in [0.4, 0.5) is 0 Å². The molecule has 4 nitrogen and oxygen atoms in total. The third-order valence-electron chi connectivity index (χ3n) is 0.187. The number of hydrogen-bond donors (Lipinski definition) is 3. The van der Waals surface area contributed by atoms with Crippen molar-refractivity contribution in [2.75, 3.05) is 6.67 Å². The van der Waals surface area contributed by atoms with Crippen LogP contribution in [0.2, 0.25) is 0 Å². The second kappa shape index (κ2) is 2.10. The highest BCUT2D eigenvalue weighted by atomic mass is 16.5. The fraction of sp³-hybridized carbons (Fsp3) is 1.00. The van der Waals surface area contributed by atoms with Crippen molar-refractivity contribution in [1.29, 1.82) is 0 Å². The summed E-state index contributed by atoms with van der Waals surface area (Å²) in [7, 11) is 0. The molecule has 0 aromatic heterocycles. The van der Waals surface area contributed by atoms with Crippen LogP contribution in [0.25, 0.3) is 0 Å². The first-order valence-corrected chi connectivity index (χ1v) is 1.18. The van der Waals surface area contributed by atoms with Gasteiger partial charge in [0, 0.05) is 0 Å². The highest BCUT2D eigenvalue weighted by molar-refractivity contribution is 4.06. The summed E-state index contributed by atoms with van der Waals surface area (Å²) in [5.41, 5.74) is 4.72. The van der Waals surface area contributed by atoms with Gasteiger partial charge in [-0.05, 0) is 0 Å². The molecule has 0 aliphatic rings. The topological polar surface area (TPSA) is 75.5 Å². The van der Waals surface area contributed by atoms with Crippen LogP contribution >= 0.6 is 0 Å². The van der Waals surface area contributed by atoms with Gasteiger partial charge in [0.1, 0.15) is 0 Å². The standard InChI is InChI=1S/CH7N3O/c2-1-4(3)5/h5H,1-3H2. The van der Waals surface area contributed by atoms with E-state index in [9.17, 15) is 0 Å². The first kappa shape index (κ1) is 4.84. The molecule has 0 atom stereocenters. The van der Waals surface area contributed by atoms with Gasteiger partial charge in [0.15, 0.2) is 0 Å². The molecule has 5 heavy (non-hydrogen) atoms. The molecule has 0 aliphatic heterocycles. The molecule has 32 valence electrons. The van der Waals surface area contributed by atoms with Crippen molar-refractivity contribution in [3.05, 3.63) is 0 Å². The van der Waals surface area contributed by atoms with Gasteiger partial charge in [-0.25, -0.2) is 5.84 Å². The van der Waals surface area contributed by atoms with Crippen molar-refractivity contribution >= 4 is 0 Å². The largest absolute Gasteiger partial charge is 0.315 e. The van der Waals surface area contributed by atoms with Crippen LogP contribution in [-0.2, 0) is 0 Å². The minimum absolute atomic E-state index is 0.0278. The lowest BCUT2D eigenvalue weighted by atomic mass is 11.2. The summed E-state index contributed by atoms with van der Waals surface area (Å²) in [6.45, 7) is -0.0278. The van der Waals surface area contributed by atoms with E-state index in [1.807, 2.05) is 0 Å². The molecule has 0 saturated heterocycles. The summed E-state index contributed by atoms with van der Waals surface area (Å²) in [5.74, 6) is 4.56. The second-order valence-electron chi connectivity index (χ2n) is 0.622. The highest BCUT2D eigenvalue weighted by Gasteiger charge is 1.74. The molecule has 0 heterocycles. The fourth-order valence-corrected chi connectivity index (χ4v) is 0. The molecule has 0 aliphatic carbocycles.